The summed E-state index contributed by atoms with van der Waals surface area (Å²) in [6.45, 7) is 1.31. The number of hydrogen-bond acceptors (Lipinski definition) is 7. The van der Waals surface area contributed by atoms with Gasteiger partial charge in [0.1, 0.15) is 11.5 Å². The van der Waals surface area contributed by atoms with Crippen LogP contribution in [0, 0.1) is 0 Å². The van der Waals surface area contributed by atoms with Crippen molar-refractivity contribution in [3.8, 4) is 22.8 Å². The molecule has 1 fully saturated rings. The van der Waals surface area contributed by atoms with Crippen molar-refractivity contribution >= 4 is 42.2 Å². The van der Waals surface area contributed by atoms with Gasteiger partial charge in [-0.15, -0.1) is 11.3 Å². The van der Waals surface area contributed by atoms with E-state index in [4.69, 9.17) is 14.5 Å². The topological polar surface area (TPSA) is 68.7 Å². The van der Waals surface area contributed by atoms with Gasteiger partial charge in [-0.1, -0.05) is 12.1 Å². The average Bonchev–Trinajstić information content (AvgIpc) is 3.29. The highest BCUT2D eigenvalue weighted by atomic mass is 79.9. The molecule has 0 bridgehead atoms. The maximum absolute atomic E-state index is 13.1. The number of piperidine rings is 1. The number of aromatic nitrogens is 1. The van der Waals surface area contributed by atoms with Crippen molar-refractivity contribution in [3.05, 3.63) is 52.3 Å². The number of rotatable bonds is 6. The van der Waals surface area contributed by atoms with Crippen molar-refractivity contribution in [2.45, 2.75) is 23.0 Å². The molecule has 0 N–H and O–H groups in total. The molecule has 3 aromatic rings. The summed E-state index contributed by atoms with van der Waals surface area (Å²) in [6.07, 6.45) is 1.15. The van der Waals surface area contributed by atoms with Crippen molar-refractivity contribution in [3.63, 3.8) is 0 Å². The molecule has 0 radical (unpaired) electrons. The third-order valence-electron chi connectivity index (χ3n) is 5.47. The quantitative estimate of drug-likeness (QED) is 0.452. The first-order chi connectivity index (χ1) is 14.9. The van der Waals surface area contributed by atoms with E-state index in [0.717, 1.165) is 22.1 Å². The lowest BCUT2D eigenvalue weighted by atomic mass is 10.1. The summed E-state index contributed by atoms with van der Waals surface area (Å²) in [6, 6.07) is 12.7. The van der Waals surface area contributed by atoms with Gasteiger partial charge in [0.25, 0.3) is 0 Å². The summed E-state index contributed by atoms with van der Waals surface area (Å²) >= 11 is 4.94. The van der Waals surface area contributed by atoms with Gasteiger partial charge >= 0.3 is 0 Å². The van der Waals surface area contributed by atoms with Gasteiger partial charge in [-0.3, -0.25) is 0 Å². The SMILES string of the molecule is COc1ccc(-c2csc(N3CCC(S(=O)(=O)c4ccccc4Br)CC3)n2)c(OC)c1. The van der Waals surface area contributed by atoms with E-state index < -0.39 is 9.84 Å². The zero-order valence-electron chi connectivity index (χ0n) is 17.2. The molecule has 1 aromatic heterocycles. The number of benzene rings is 2. The minimum atomic E-state index is -3.37. The molecule has 1 saturated heterocycles. The molecule has 6 nitrogen and oxygen atoms in total. The Hall–Kier alpha value is -2.10. The van der Waals surface area contributed by atoms with Crippen LogP contribution in [0.5, 0.6) is 11.5 Å². The molecule has 0 atom stereocenters. The summed E-state index contributed by atoms with van der Waals surface area (Å²) in [4.78, 5) is 7.33. The van der Waals surface area contributed by atoms with Crippen LogP contribution in [-0.4, -0.2) is 46.0 Å². The van der Waals surface area contributed by atoms with Crippen molar-refractivity contribution in [1.29, 1.82) is 0 Å². The number of methoxy groups -OCH3 is 2. The second-order valence-electron chi connectivity index (χ2n) is 7.24. The fourth-order valence-electron chi connectivity index (χ4n) is 3.76. The van der Waals surface area contributed by atoms with E-state index in [9.17, 15) is 8.42 Å². The molecule has 0 unspecified atom stereocenters. The highest BCUT2D eigenvalue weighted by Crippen LogP contribution is 2.37. The van der Waals surface area contributed by atoms with Crippen LogP contribution in [0.4, 0.5) is 5.13 Å². The van der Waals surface area contributed by atoms with E-state index in [1.54, 1.807) is 43.8 Å². The first-order valence-electron chi connectivity index (χ1n) is 9.85. The molecule has 4 rings (SSSR count). The Bertz CT molecular complexity index is 1170. The highest BCUT2D eigenvalue weighted by molar-refractivity contribution is 9.10. The molecule has 0 amide bonds. The molecule has 9 heteroatoms. The molecule has 1 aliphatic rings. The third-order valence-corrected chi connectivity index (χ3v) is 9.64. The predicted molar refractivity (Wildman–Crippen MR) is 127 cm³/mol. The Morgan fingerprint density at radius 1 is 1.10 bits per heavy atom. The number of halogens is 1. The highest BCUT2D eigenvalue weighted by Gasteiger charge is 2.33. The molecule has 0 aliphatic carbocycles. The van der Waals surface area contributed by atoms with Crippen LogP contribution in [0.1, 0.15) is 12.8 Å². The van der Waals surface area contributed by atoms with E-state index in [-0.39, 0.29) is 5.25 Å². The molecule has 2 heterocycles. The minimum Gasteiger partial charge on any atom is -0.497 e. The van der Waals surface area contributed by atoms with Gasteiger partial charge in [0, 0.05) is 34.6 Å². The Morgan fingerprint density at radius 2 is 1.84 bits per heavy atom. The minimum absolute atomic E-state index is 0.372. The van der Waals surface area contributed by atoms with Crippen LogP contribution in [0.25, 0.3) is 11.3 Å². The first-order valence-corrected chi connectivity index (χ1v) is 13.1. The lowest BCUT2D eigenvalue weighted by Gasteiger charge is -2.31. The fourth-order valence-corrected chi connectivity index (χ4v) is 7.40. The fraction of sp³-hybridized carbons (Fsp3) is 0.318. The zero-order valence-corrected chi connectivity index (χ0v) is 20.5. The number of hydrogen-bond donors (Lipinski definition) is 0. The normalized spacial score (nSPS) is 15.1. The van der Waals surface area contributed by atoms with Crippen molar-refractivity contribution in [2.24, 2.45) is 0 Å². The summed E-state index contributed by atoms with van der Waals surface area (Å²) < 4.78 is 37.5. The lowest BCUT2D eigenvalue weighted by molar-refractivity contribution is 0.395. The molecule has 0 spiro atoms. The van der Waals surface area contributed by atoms with Gasteiger partial charge in [-0.05, 0) is 53.0 Å². The van der Waals surface area contributed by atoms with Crippen molar-refractivity contribution < 1.29 is 17.9 Å². The lowest BCUT2D eigenvalue weighted by Crippen LogP contribution is -2.39. The largest absolute Gasteiger partial charge is 0.497 e. The van der Waals surface area contributed by atoms with E-state index in [1.807, 2.05) is 29.6 Å². The van der Waals surface area contributed by atoms with Crippen LogP contribution in [0.2, 0.25) is 0 Å². The van der Waals surface area contributed by atoms with Crippen LogP contribution in [0.3, 0.4) is 0 Å². The van der Waals surface area contributed by atoms with E-state index in [0.29, 0.717) is 41.0 Å². The van der Waals surface area contributed by atoms with Gasteiger partial charge in [-0.25, -0.2) is 13.4 Å². The van der Waals surface area contributed by atoms with Gasteiger partial charge in [-0.2, -0.15) is 0 Å². The molecule has 31 heavy (non-hydrogen) atoms. The molecular weight excluding hydrogens is 500 g/mol. The second kappa shape index (κ2) is 9.18. The maximum Gasteiger partial charge on any atom is 0.185 e. The monoisotopic (exact) mass is 522 g/mol. The Kier molecular flexibility index (Phi) is 6.55. The molecule has 0 saturated carbocycles. The molecular formula is C22H23BrN2O4S2. The summed E-state index contributed by atoms with van der Waals surface area (Å²) in [7, 11) is -0.123. The van der Waals surface area contributed by atoms with E-state index in [2.05, 4.69) is 20.8 Å². The van der Waals surface area contributed by atoms with Crippen LogP contribution in [0.15, 0.2) is 57.2 Å². The van der Waals surface area contributed by atoms with Gasteiger partial charge in [0.2, 0.25) is 0 Å². The zero-order chi connectivity index (χ0) is 22.0. The van der Waals surface area contributed by atoms with E-state index in [1.165, 1.54) is 0 Å². The maximum atomic E-state index is 13.1. The Labute approximate surface area is 194 Å². The molecule has 1 aliphatic heterocycles. The Balaban J connectivity index is 1.48. The standard InChI is InChI=1S/C22H23BrN2O4S2/c1-28-15-7-8-17(20(13-15)29-2)19-14-30-22(24-19)25-11-9-16(10-12-25)31(26,27)21-6-4-3-5-18(21)23/h3-8,13-14,16H,9-12H2,1-2H3. The second-order valence-corrected chi connectivity index (χ2v) is 11.1. The average molecular weight is 523 g/mol. The van der Waals surface area contributed by atoms with Gasteiger partial charge < -0.3 is 14.4 Å². The molecule has 2 aromatic carbocycles. The van der Waals surface area contributed by atoms with Crippen molar-refractivity contribution in [2.75, 3.05) is 32.2 Å². The van der Waals surface area contributed by atoms with Crippen molar-refractivity contribution in [1.82, 2.24) is 4.98 Å². The van der Waals surface area contributed by atoms with Crippen LogP contribution >= 0.6 is 27.3 Å². The smallest absolute Gasteiger partial charge is 0.185 e. The van der Waals surface area contributed by atoms with Crippen LogP contribution in [-0.2, 0) is 9.84 Å². The first kappa shape index (κ1) is 22.1. The molecule has 164 valence electrons. The van der Waals surface area contributed by atoms with Gasteiger partial charge in [0.15, 0.2) is 15.0 Å². The van der Waals surface area contributed by atoms with Gasteiger partial charge in [0.05, 0.1) is 30.1 Å². The number of sulfone groups is 1. The number of ether oxygens (including phenoxy) is 2. The summed E-state index contributed by atoms with van der Waals surface area (Å²) in [5.74, 6) is 1.43. The predicted octanol–water partition coefficient (Wildman–Crippen LogP) is 5.03. The number of anilines is 1. The summed E-state index contributed by atoms with van der Waals surface area (Å²) in [5.41, 5.74) is 1.74. The Morgan fingerprint density at radius 3 is 2.52 bits per heavy atom. The third kappa shape index (κ3) is 4.44. The summed E-state index contributed by atoms with van der Waals surface area (Å²) in [5, 5.41) is 2.51. The number of thiazole rings is 1. The van der Waals surface area contributed by atoms with E-state index >= 15 is 0 Å². The number of nitrogens with zero attached hydrogens (tertiary/aromatic N) is 2. The van der Waals surface area contributed by atoms with Crippen LogP contribution < -0.4 is 14.4 Å².